The average Bonchev–Trinajstić information content (AvgIpc) is 3.32. The summed E-state index contributed by atoms with van der Waals surface area (Å²) in [5.41, 5.74) is 2.12. The Morgan fingerprint density at radius 3 is 2.76 bits per heavy atom. The molecular formula is C19H19F2N5O2S. The van der Waals surface area contributed by atoms with Crippen molar-refractivity contribution in [3.63, 3.8) is 0 Å². The highest BCUT2D eigenvalue weighted by atomic mass is 32.2. The van der Waals surface area contributed by atoms with E-state index in [9.17, 15) is 22.5 Å². The van der Waals surface area contributed by atoms with E-state index in [1.54, 1.807) is 12.1 Å². The Bertz CT molecular complexity index is 1210. The van der Waals surface area contributed by atoms with Crippen molar-refractivity contribution < 1.29 is 17.2 Å². The van der Waals surface area contributed by atoms with Crippen molar-refractivity contribution >= 4 is 26.6 Å². The van der Waals surface area contributed by atoms with Crippen LogP contribution in [0.25, 0.3) is 10.9 Å². The summed E-state index contributed by atoms with van der Waals surface area (Å²) >= 11 is 0. The van der Waals surface area contributed by atoms with Crippen LogP contribution in [-0.4, -0.2) is 29.1 Å². The number of sulfonamides is 1. The van der Waals surface area contributed by atoms with Crippen LogP contribution in [0.3, 0.4) is 0 Å². The Hall–Kier alpha value is -2.93. The largest absolute Gasteiger partial charge is 0.358 e. The van der Waals surface area contributed by atoms with Crippen LogP contribution in [0.5, 0.6) is 0 Å². The molecule has 7 nitrogen and oxygen atoms in total. The lowest BCUT2D eigenvalue weighted by atomic mass is 9.92. The van der Waals surface area contributed by atoms with E-state index >= 15 is 0 Å². The predicted molar refractivity (Wildman–Crippen MR) is 103 cm³/mol. The van der Waals surface area contributed by atoms with E-state index < -0.39 is 15.9 Å². The number of rotatable bonds is 4. The highest BCUT2D eigenvalue weighted by Gasteiger charge is 2.36. The van der Waals surface area contributed by atoms with E-state index in [-0.39, 0.29) is 36.6 Å². The van der Waals surface area contributed by atoms with Gasteiger partial charge < -0.3 is 4.98 Å². The summed E-state index contributed by atoms with van der Waals surface area (Å²) in [5, 5.41) is 14.0. The molecule has 29 heavy (non-hydrogen) atoms. The Morgan fingerprint density at radius 2 is 2.07 bits per heavy atom. The number of fused-ring (bicyclic) bond motifs is 1. The zero-order chi connectivity index (χ0) is 20.8. The molecule has 1 fully saturated rings. The molecule has 1 aromatic carbocycles. The summed E-state index contributed by atoms with van der Waals surface area (Å²) in [4.78, 5) is 2.90. The van der Waals surface area contributed by atoms with Crippen LogP contribution in [-0.2, 0) is 10.0 Å². The second-order valence-electron chi connectivity index (χ2n) is 7.34. The third-order valence-electron chi connectivity index (χ3n) is 5.36. The molecule has 0 aliphatic heterocycles. The van der Waals surface area contributed by atoms with Crippen LogP contribution >= 0.6 is 0 Å². The number of hydrogen-bond acceptors (Lipinski definition) is 4. The molecule has 1 saturated carbocycles. The molecule has 1 aliphatic rings. The van der Waals surface area contributed by atoms with Gasteiger partial charge in [-0.3, -0.25) is 9.40 Å². The van der Waals surface area contributed by atoms with Crippen molar-refractivity contribution in [2.45, 2.75) is 49.5 Å². The zero-order valence-electron chi connectivity index (χ0n) is 15.6. The first-order valence-electron chi connectivity index (χ1n) is 9.16. The third kappa shape index (κ3) is 3.58. The van der Waals surface area contributed by atoms with Crippen LogP contribution < -0.4 is 4.72 Å². The number of aromatic nitrogens is 3. The fourth-order valence-electron chi connectivity index (χ4n) is 3.75. The van der Waals surface area contributed by atoms with Gasteiger partial charge in [-0.1, -0.05) is 6.07 Å². The molecule has 0 spiro atoms. The maximum Gasteiger partial charge on any atom is 0.265 e. The second kappa shape index (κ2) is 6.84. The molecule has 2 aromatic heterocycles. The van der Waals surface area contributed by atoms with Gasteiger partial charge in [0.05, 0.1) is 29.0 Å². The number of aryl methyl sites for hydroxylation is 1. The number of nitrogens with one attached hydrogen (secondary N) is 2. The molecule has 0 bridgehead atoms. The fraction of sp³-hybridized carbons (Fsp3) is 0.368. The van der Waals surface area contributed by atoms with E-state index in [2.05, 4.69) is 20.9 Å². The van der Waals surface area contributed by atoms with Gasteiger partial charge in [-0.05, 0) is 31.4 Å². The van der Waals surface area contributed by atoms with Crippen molar-refractivity contribution in [2.24, 2.45) is 0 Å². The summed E-state index contributed by atoms with van der Waals surface area (Å²) in [7, 11) is -3.94. The Balaban J connectivity index is 1.60. The number of nitriles is 1. The van der Waals surface area contributed by atoms with E-state index in [4.69, 9.17) is 0 Å². The number of nitrogens with zero attached hydrogens (tertiary/aromatic N) is 3. The molecule has 152 valence electrons. The van der Waals surface area contributed by atoms with Crippen LogP contribution in [0, 0.1) is 18.3 Å². The van der Waals surface area contributed by atoms with Gasteiger partial charge >= 0.3 is 0 Å². The lowest BCUT2D eigenvalue weighted by Crippen LogP contribution is -2.26. The van der Waals surface area contributed by atoms with Gasteiger partial charge in [-0.25, -0.2) is 17.2 Å². The number of anilines is 1. The molecule has 0 atom stereocenters. The van der Waals surface area contributed by atoms with Crippen molar-refractivity contribution in [2.75, 3.05) is 4.72 Å². The summed E-state index contributed by atoms with van der Waals surface area (Å²) in [5.74, 6) is -2.66. The lowest BCUT2D eigenvalue weighted by molar-refractivity contribution is -0.0450. The average molecular weight is 419 g/mol. The van der Waals surface area contributed by atoms with Crippen LogP contribution in [0.15, 0.2) is 35.6 Å². The monoisotopic (exact) mass is 419 g/mol. The van der Waals surface area contributed by atoms with Gasteiger partial charge in [-0.2, -0.15) is 10.4 Å². The van der Waals surface area contributed by atoms with E-state index in [0.29, 0.717) is 22.2 Å². The normalized spacial score (nSPS) is 17.3. The highest BCUT2D eigenvalue weighted by Crippen LogP contribution is 2.38. The van der Waals surface area contributed by atoms with Gasteiger partial charge in [0.2, 0.25) is 5.92 Å². The Kier molecular flexibility index (Phi) is 4.58. The van der Waals surface area contributed by atoms with Gasteiger partial charge in [-0.15, -0.1) is 0 Å². The van der Waals surface area contributed by atoms with Crippen molar-refractivity contribution in [3.05, 3.63) is 41.9 Å². The van der Waals surface area contributed by atoms with E-state index in [0.717, 1.165) is 5.56 Å². The maximum atomic E-state index is 13.4. The summed E-state index contributed by atoms with van der Waals surface area (Å²) in [6, 6.07) is 5.20. The Morgan fingerprint density at radius 1 is 1.34 bits per heavy atom. The minimum atomic E-state index is -3.94. The van der Waals surface area contributed by atoms with E-state index in [1.165, 1.54) is 23.3 Å². The number of H-pyrrole nitrogens is 1. The number of alkyl halides is 2. The van der Waals surface area contributed by atoms with Gasteiger partial charge in [0, 0.05) is 30.6 Å². The van der Waals surface area contributed by atoms with Crippen molar-refractivity contribution in [1.82, 2.24) is 14.8 Å². The number of aromatic amines is 1. The van der Waals surface area contributed by atoms with Gasteiger partial charge in [0.25, 0.3) is 10.0 Å². The van der Waals surface area contributed by atoms with Gasteiger partial charge in [0.15, 0.2) is 0 Å². The smallest absolute Gasteiger partial charge is 0.265 e. The van der Waals surface area contributed by atoms with Gasteiger partial charge in [0.1, 0.15) is 11.0 Å². The molecule has 10 heteroatoms. The molecule has 0 unspecified atom stereocenters. The van der Waals surface area contributed by atoms with Crippen molar-refractivity contribution in [3.8, 4) is 6.07 Å². The summed E-state index contributed by atoms with van der Waals surface area (Å²) in [6.45, 7) is 1.84. The molecule has 3 aromatic rings. The molecule has 2 N–H and O–H groups in total. The van der Waals surface area contributed by atoms with Crippen LogP contribution in [0.1, 0.15) is 42.9 Å². The maximum absolute atomic E-state index is 13.4. The number of benzene rings is 1. The molecule has 4 rings (SSSR count). The van der Waals surface area contributed by atoms with E-state index in [1.807, 2.05) is 6.92 Å². The first kappa shape index (κ1) is 19.4. The SMILES string of the molecule is Cc1ccc(NS(=O)(=O)c2cnn(C3CCC(F)(F)CC3)c2)c2[nH]cc(C#N)c12. The quantitative estimate of drug-likeness (QED) is 0.664. The predicted octanol–water partition coefficient (Wildman–Crippen LogP) is 4.10. The lowest BCUT2D eigenvalue weighted by Gasteiger charge is -2.28. The molecule has 1 aliphatic carbocycles. The molecule has 0 saturated heterocycles. The second-order valence-corrected chi connectivity index (χ2v) is 9.03. The minimum Gasteiger partial charge on any atom is -0.358 e. The number of halogens is 2. The molecule has 2 heterocycles. The number of hydrogen-bond donors (Lipinski definition) is 2. The Labute approximate surface area is 166 Å². The highest BCUT2D eigenvalue weighted by molar-refractivity contribution is 7.92. The van der Waals surface area contributed by atoms with Crippen molar-refractivity contribution in [1.29, 1.82) is 5.26 Å². The minimum absolute atomic E-state index is 0.0457. The van der Waals surface area contributed by atoms with Crippen LogP contribution in [0.4, 0.5) is 14.5 Å². The fourth-order valence-corrected chi connectivity index (χ4v) is 4.76. The summed E-state index contributed by atoms with van der Waals surface area (Å²) < 4.78 is 56.4. The summed E-state index contributed by atoms with van der Waals surface area (Å²) in [6.07, 6.45) is 4.17. The molecule has 0 amide bonds. The molecule has 0 radical (unpaired) electrons. The zero-order valence-corrected chi connectivity index (χ0v) is 16.4. The molecular weight excluding hydrogens is 400 g/mol. The third-order valence-corrected chi connectivity index (χ3v) is 6.68. The topological polar surface area (TPSA) is 104 Å². The van der Waals surface area contributed by atoms with Crippen LogP contribution in [0.2, 0.25) is 0 Å². The first-order valence-corrected chi connectivity index (χ1v) is 10.6. The standard InChI is InChI=1S/C19H19F2N5O2S/c1-12-2-3-16(18-17(12)13(8-22)9-23-18)25-29(27,28)15-10-24-26(11-15)14-4-6-19(20,21)7-5-14/h2-3,9-11,14,23,25H,4-7H2,1H3. The first-order chi connectivity index (χ1) is 13.7.